The van der Waals surface area contributed by atoms with Gasteiger partial charge in [-0.15, -0.1) is 0 Å². The number of fused-ring (bicyclic) bond motifs is 8. The first kappa shape index (κ1) is 39.1. The van der Waals surface area contributed by atoms with Crippen molar-refractivity contribution in [1.82, 2.24) is 4.57 Å². The topological polar surface area (TPSA) is 42.8 Å². The summed E-state index contributed by atoms with van der Waals surface area (Å²) < 4.78 is 9.43. The summed E-state index contributed by atoms with van der Waals surface area (Å²) in [5.41, 5.74) is 14.0. The predicted octanol–water partition coefficient (Wildman–Crippen LogP) is 16.7. The van der Waals surface area contributed by atoms with Crippen molar-refractivity contribution in [3.8, 4) is 27.9 Å². The SMILES string of the molecule is CC1CCC(c2ccc(-c3ccccc3)cc2)N=C(c2cccc(-c3ccccc3)c2)N=C1c1cc(-n2c3ccccc3c3cc4ccccc4cc32)cc2oc3cc4ccccc4cc3c12. The molecule has 0 aliphatic carbocycles. The van der Waals surface area contributed by atoms with E-state index < -0.39 is 0 Å². The number of amidine groups is 1. The number of rotatable bonds is 6. The van der Waals surface area contributed by atoms with Crippen LogP contribution in [-0.2, 0) is 0 Å². The van der Waals surface area contributed by atoms with Gasteiger partial charge in [0, 0.05) is 38.7 Å². The van der Waals surface area contributed by atoms with E-state index in [4.69, 9.17) is 14.4 Å². The molecule has 318 valence electrons. The van der Waals surface area contributed by atoms with Gasteiger partial charge in [-0.2, -0.15) is 0 Å². The molecule has 12 aromatic rings. The second-order valence-corrected chi connectivity index (χ2v) is 18.1. The third-order valence-corrected chi connectivity index (χ3v) is 14.0. The maximum Gasteiger partial charge on any atom is 0.155 e. The molecular weight excluding hydrogens is 815 g/mol. The molecule has 2 aromatic heterocycles. The third-order valence-electron chi connectivity index (χ3n) is 14.0. The zero-order valence-electron chi connectivity index (χ0n) is 37.1. The number of hydrogen-bond donors (Lipinski definition) is 0. The summed E-state index contributed by atoms with van der Waals surface area (Å²) in [6.45, 7) is 2.35. The molecule has 0 bridgehead atoms. The van der Waals surface area contributed by atoms with Gasteiger partial charge >= 0.3 is 0 Å². The number of aliphatic imine (C=N–C) groups is 2. The molecule has 4 nitrogen and oxygen atoms in total. The van der Waals surface area contributed by atoms with E-state index >= 15 is 0 Å². The third kappa shape index (κ3) is 6.84. The Morgan fingerprint density at radius 3 is 1.79 bits per heavy atom. The molecule has 0 fully saturated rings. The van der Waals surface area contributed by atoms with Gasteiger partial charge < -0.3 is 8.98 Å². The van der Waals surface area contributed by atoms with E-state index in [1.807, 2.05) is 0 Å². The summed E-state index contributed by atoms with van der Waals surface area (Å²) in [6.07, 6.45) is 1.77. The first-order valence-electron chi connectivity index (χ1n) is 23.4. The van der Waals surface area contributed by atoms with Gasteiger partial charge in [0.2, 0.25) is 0 Å². The standard InChI is InChI=1S/C63H45N3O/c1-40-27-32-56(44-30-28-43(29-31-44)41-15-4-2-5-16-41)64-63(50-24-14-23-45(33-50)42-17-6-3-7-18-42)65-62(40)55-38-51(39-60-61(55)54-35-47-20-9-11-22-49(47)37-59(54)67-60)66-57-26-13-12-25-52(57)53-34-46-19-8-10-21-48(46)36-58(53)66/h2-26,28-31,33-40,56H,27,32H2,1H3. The molecule has 10 aromatic carbocycles. The molecule has 1 aliphatic heterocycles. The lowest BCUT2D eigenvalue weighted by molar-refractivity contribution is 0.556. The summed E-state index contributed by atoms with van der Waals surface area (Å²) in [5, 5.41) is 9.36. The first-order valence-corrected chi connectivity index (χ1v) is 23.4. The number of furan rings is 1. The zero-order valence-corrected chi connectivity index (χ0v) is 37.1. The minimum atomic E-state index is -0.0761. The monoisotopic (exact) mass is 859 g/mol. The van der Waals surface area contributed by atoms with E-state index in [1.54, 1.807) is 0 Å². The summed E-state index contributed by atoms with van der Waals surface area (Å²) in [7, 11) is 0. The largest absolute Gasteiger partial charge is 0.456 e. The van der Waals surface area contributed by atoms with Crippen LogP contribution in [0.5, 0.6) is 0 Å². The van der Waals surface area contributed by atoms with Crippen LogP contribution >= 0.6 is 0 Å². The Morgan fingerprint density at radius 2 is 1.04 bits per heavy atom. The van der Waals surface area contributed by atoms with E-state index in [0.717, 1.165) is 90.7 Å². The number of para-hydroxylation sites is 1. The van der Waals surface area contributed by atoms with Gasteiger partial charge in [-0.3, -0.25) is 4.99 Å². The Morgan fingerprint density at radius 1 is 0.448 bits per heavy atom. The van der Waals surface area contributed by atoms with Gasteiger partial charge in [-0.1, -0.05) is 177 Å². The Hall–Kier alpha value is -8.34. The Labute approximate surface area is 388 Å². The molecule has 0 spiro atoms. The van der Waals surface area contributed by atoms with Crippen LogP contribution in [0.25, 0.3) is 93.2 Å². The fourth-order valence-electron chi connectivity index (χ4n) is 10.6. The molecule has 2 unspecified atom stereocenters. The lowest BCUT2D eigenvalue weighted by atomic mass is 9.87. The molecule has 3 heterocycles. The normalized spacial score (nSPS) is 15.6. The Balaban J connectivity index is 1.07. The van der Waals surface area contributed by atoms with Gasteiger partial charge in [0.15, 0.2) is 5.84 Å². The quantitative estimate of drug-likeness (QED) is 0.164. The highest BCUT2D eigenvalue weighted by molar-refractivity contribution is 6.24. The van der Waals surface area contributed by atoms with Gasteiger partial charge in [0.1, 0.15) is 11.2 Å². The van der Waals surface area contributed by atoms with Crippen LogP contribution in [0.3, 0.4) is 0 Å². The second-order valence-electron chi connectivity index (χ2n) is 18.1. The van der Waals surface area contributed by atoms with Crippen LogP contribution in [0.2, 0.25) is 0 Å². The fourth-order valence-corrected chi connectivity index (χ4v) is 10.6. The van der Waals surface area contributed by atoms with E-state index in [-0.39, 0.29) is 12.0 Å². The average Bonchev–Trinajstić information content (AvgIpc) is 3.91. The van der Waals surface area contributed by atoms with Crippen LogP contribution < -0.4 is 0 Å². The zero-order chi connectivity index (χ0) is 44.4. The van der Waals surface area contributed by atoms with Crippen LogP contribution in [0.4, 0.5) is 0 Å². The number of aromatic nitrogens is 1. The van der Waals surface area contributed by atoms with Crippen molar-refractivity contribution in [3.63, 3.8) is 0 Å². The molecule has 0 N–H and O–H groups in total. The van der Waals surface area contributed by atoms with E-state index in [0.29, 0.717) is 0 Å². The maximum absolute atomic E-state index is 7.01. The van der Waals surface area contributed by atoms with Crippen LogP contribution in [-0.4, -0.2) is 16.1 Å². The molecule has 0 saturated heterocycles. The van der Waals surface area contributed by atoms with E-state index in [9.17, 15) is 0 Å². The summed E-state index contributed by atoms with van der Waals surface area (Å²) >= 11 is 0. The van der Waals surface area contributed by atoms with Gasteiger partial charge in [-0.25, -0.2) is 4.99 Å². The Kier molecular flexibility index (Phi) is 9.31. The van der Waals surface area contributed by atoms with Crippen molar-refractivity contribution >= 4 is 76.8 Å². The van der Waals surface area contributed by atoms with Crippen molar-refractivity contribution in [2.45, 2.75) is 25.8 Å². The highest BCUT2D eigenvalue weighted by Gasteiger charge is 2.27. The summed E-state index contributed by atoms with van der Waals surface area (Å²) in [4.78, 5) is 11.5. The molecular formula is C63H45N3O. The molecule has 0 amide bonds. The minimum Gasteiger partial charge on any atom is -0.456 e. The van der Waals surface area contributed by atoms with Crippen LogP contribution in [0.15, 0.2) is 233 Å². The summed E-state index contributed by atoms with van der Waals surface area (Å²) in [6, 6.07) is 78.6. The van der Waals surface area contributed by atoms with E-state index in [2.05, 4.69) is 230 Å². The van der Waals surface area contributed by atoms with E-state index in [1.165, 1.54) is 43.6 Å². The molecule has 2 atom stereocenters. The molecule has 0 radical (unpaired) electrons. The maximum atomic E-state index is 7.01. The summed E-state index contributed by atoms with van der Waals surface area (Å²) in [5.74, 6) is 0.816. The second kappa shape index (κ2) is 16.0. The van der Waals surface area contributed by atoms with Crippen molar-refractivity contribution in [1.29, 1.82) is 0 Å². The predicted molar refractivity (Wildman–Crippen MR) is 281 cm³/mol. The van der Waals surface area contributed by atoms with Crippen molar-refractivity contribution in [2.75, 3.05) is 0 Å². The van der Waals surface area contributed by atoms with Gasteiger partial charge in [-0.05, 0) is 111 Å². The Bertz CT molecular complexity index is 3930. The molecule has 1 aliphatic rings. The minimum absolute atomic E-state index is 0.0761. The van der Waals surface area contributed by atoms with Crippen molar-refractivity contribution in [2.24, 2.45) is 15.9 Å². The number of benzene rings is 10. The number of nitrogens with zero attached hydrogens (tertiary/aromatic N) is 3. The smallest absolute Gasteiger partial charge is 0.155 e. The lowest BCUT2D eigenvalue weighted by Crippen LogP contribution is -2.20. The van der Waals surface area contributed by atoms with Gasteiger partial charge in [0.25, 0.3) is 0 Å². The lowest BCUT2D eigenvalue weighted by Gasteiger charge is -2.24. The van der Waals surface area contributed by atoms with Crippen LogP contribution in [0.1, 0.15) is 42.5 Å². The first-order chi connectivity index (χ1) is 33.1. The van der Waals surface area contributed by atoms with Gasteiger partial charge in [0.05, 0.1) is 28.5 Å². The fraction of sp³-hybridized carbons (Fsp3) is 0.0794. The molecule has 67 heavy (non-hydrogen) atoms. The van der Waals surface area contributed by atoms with Crippen molar-refractivity contribution in [3.05, 3.63) is 235 Å². The highest BCUT2D eigenvalue weighted by atomic mass is 16.3. The molecule has 13 rings (SSSR count). The highest BCUT2D eigenvalue weighted by Crippen LogP contribution is 2.42. The number of hydrogen-bond acceptors (Lipinski definition) is 3. The average molecular weight is 860 g/mol. The molecule has 0 saturated carbocycles. The molecule has 4 heteroatoms. The van der Waals surface area contributed by atoms with Crippen molar-refractivity contribution < 1.29 is 4.42 Å². The van der Waals surface area contributed by atoms with Crippen LogP contribution in [0, 0.1) is 5.92 Å².